The summed E-state index contributed by atoms with van der Waals surface area (Å²) in [7, 11) is 4.06. The Morgan fingerprint density at radius 3 is 2.10 bits per heavy atom. The van der Waals surface area contributed by atoms with E-state index in [0.717, 1.165) is 0 Å². The lowest BCUT2D eigenvalue weighted by molar-refractivity contribution is -0.671. The first kappa shape index (κ1) is 11.9. The van der Waals surface area contributed by atoms with Crippen LogP contribution in [-0.2, 0) is 14.1 Å². The summed E-state index contributed by atoms with van der Waals surface area (Å²) < 4.78 is 4.12. The molecule has 0 unspecified atom stereocenters. The molecule has 0 bridgehead atoms. The van der Waals surface area contributed by atoms with Crippen LogP contribution in [0.1, 0.15) is 5.69 Å². The summed E-state index contributed by atoms with van der Waals surface area (Å²) in [5.74, 6) is 0. The van der Waals surface area contributed by atoms with Crippen LogP contribution >= 0.6 is 0 Å². The van der Waals surface area contributed by atoms with Crippen molar-refractivity contribution in [2.24, 2.45) is 14.1 Å². The SMILES string of the molecule is Cc1c[n+](C)cn1C.O.[OH-]. The van der Waals surface area contributed by atoms with Gasteiger partial charge >= 0.3 is 0 Å². The minimum absolute atomic E-state index is 0. The number of rotatable bonds is 0. The average Bonchev–Trinajstić information content (AvgIpc) is 1.85. The van der Waals surface area contributed by atoms with Crippen molar-refractivity contribution in [2.75, 3.05) is 0 Å². The monoisotopic (exact) mass is 146 g/mol. The standard InChI is InChI=1S/C6H11N2.2H2O/c1-6-4-7(2)5-8(6)3;;/h4-5H,1-3H3;2*1H2/q+1;;/p-1. The minimum Gasteiger partial charge on any atom is -0.870 e. The van der Waals surface area contributed by atoms with Crippen LogP contribution in [0.2, 0.25) is 0 Å². The molecule has 0 radical (unpaired) electrons. The number of hydrogen-bond acceptors (Lipinski definition) is 1. The fraction of sp³-hybridized carbons (Fsp3) is 0.500. The predicted octanol–water partition coefficient (Wildman–Crippen LogP) is -0.843. The zero-order chi connectivity index (χ0) is 6.15. The van der Waals surface area contributed by atoms with Crippen LogP contribution in [0, 0.1) is 6.92 Å². The zero-order valence-electron chi connectivity index (χ0n) is 6.50. The van der Waals surface area contributed by atoms with Crippen LogP contribution in [-0.4, -0.2) is 15.5 Å². The van der Waals surface area contributed by atoms with Gasteiger partial charge in [-0.1, -0.05) is 0 Å². The number of hydrogen-bond donors (Lipinski definition) is 0. The average molecular weight is 146 g/mol. The van der Waals surface area contributed by atoms with E-state index >= 15 is 0 Å². The lowest BCUT2D eigenvalue weighted by Gasteiger charge is -1.78. The topological polar surface area (TPSA) is 70.3 Å². The lowest BCUT2D eigenvalue weighted by atomic mass is 10.5. The zero-order valence-corrected chi connectivity index (χ0v) is 6.50. The minimum atomic E-state index is 0. The summed E-state index contributed by atoms with van der Waals surface area (Å²) >= 11 is 0. The molecule has 1 aromatic rings. The van der Waals surface area contributed by atoms with Crippen molar-refractivity contribution in [3.8, 4) is 0 Å². The van der Waals surface area contributed by atoms with Gasteiger partial charge in [0.25, 0.3) is 0 Å². The highest BCUT2D eigenvalue weighted by Gasteiger charge is 1.98. The molecule has 0 aromatic carbocycles. The maximum absolute atomic E-state index is 2.08. The Morgan fingerprint density at radius 2 is 2.00 bits per heavy atom. The van der Waals surface area contributed by atoms with Crippen molar-refractivity contribution in [1.82, 2.24) is 4.57 Å². The third kappa shape index (κ3) is 2.16. The molecule has 0 saturated heterocycles. The molecule has 60 valence electrons. The summed E-state index contributed by atoms with van der Waals surface area (Å²) in [6.07, 6.45) is 4.12. The fourth-order valence-corrected chi connectivity index (χ4v) is 0.783. The molecule has 4 heteroatoms. The Labute approximate surface area is 60.3 Å². The molecule has 0 spiro atoms. The number of nitrogens with zero attached hydrogens (tertiary/aromatic N) is 2. The normalized spacial score (nSPS) is 7.90. The molecule has 1 aromatic heterocycles. The van der Waals surface area contributed by atoms with Gasteiger partial charge in [-0.15, -0.1) is 0 Å². The van der Waals surface area contributed by atoms with Crippen LogP contribution in [0.3, 0.4) is 0 Å². The smallest absolute Gasteiger partial charge is 0.243 e. The Bertz CT molecular complexity index is 176. The molecule has 0 fully saturated rings. The van der Waals surface area contributed by atoms with E-state index < -0.39 is 0 Å². The third-order valence-electron chi connectivity index (χ3n) is 1.30. The fourth-order valence-electron chi connectivity index (χ4n) is 0.783. The first-order valence-corrected chi connectivity index (χ1v) is 2.68. The van der Waals surface area contributed by atoms with E-state index in [1.54, 1.807) is 0 Å². The van der Waals surface area contributed by atoms with E-state index in [4.69, 9.17) is 0 Å². The summed E-state index contributed by atoms with van der Waals surface area (Å²) in [4.78, 5) is 0. The van der Waals surface area contributed by atoms with Crippen LogP contribution < -0.4 is 4.57 Å². The van der Waals surface area contributed by atoms with Gasteiger partial charge in [0.1, 0.15) is 11.9 Å². The summed E-state index contributed by atoms with van der Waals surface area (Å²) in [6, 6.07) is 0. The second-order valence-electron chi connectivity index (χ2n) is 2.16. The number of aryl methyl sites for hydroxylation is 3. The summed E-state index contributed by atoms with van der Waals surface area (Å²) in [5.41, 5.74) is 1.28. The first-order valence-electron chi connectivity index (χ1n) is 2.68. The maximum Gasteiger partial charge on any atom is 0.243 e. The largest absolute Gasteiger partial charge is 0.870 e. The van der Waals surface area contributed by atoms with Gasteiger partial charge in [-0.05, 0) is 0 Å². The molecular formula is C6H14N2O2. The van der Waals surface area contributed by atoms with E-state index in [1.807, 2.05) is 25.0 Å². The highest BCUT2D eigenvalue weighted by atomic mass is 16.0. The van der Waals surface area contributed by atoms with Gasteiger partial charge in [0.2, 0.25) is 6.33 Å². The van der Waals surface area contributed by atoms with Crippen molar-refractivity contribution in [2.45, 2.75) is 6.92 Å². The molecular weight excluding hydrogens is 132 g/mol. The molecule has 0 aliphatic heterocycles. The molecule has 4 nitrogen and oxygen atoms in total. The predicted molar refractivity (Wildman–Crippen MR) is 36.9 cm³/mol. The molecule has 10 heavy (non-hydrogen) atoms. The second-order valence-corrected chi connectivity index (χ2v) is 2.16. The van der Waals surface area contributed by atoms with Gasteiger partial charge in [0.15, 0.2) is 0 Å². The second kappa shape index (κ2) is 4.03. The maximum atomic E-state index is 2.08. The van der Waals surface area contributed by atoms with Crippen LogP contribution in [0.5, 0.6) is 0 Å². The van der Waals surface area contributed by atoms with Gasteiger partial charge in [-0.25, -0.2) is 9.13 Å². The summed E-state index contributed by atoms with van der Waals surface area (Å²) in [5, 5.41) is 0. The highest BCUT2D eigenvalue weighted by molar-refractivity contribution is 4.86. The lowest BCUT2D eigenvalue weighted by Crippen LogP contribution is -2.23. The Kier molecular flexibility index (Phi) is 4.78. The van der Waals surface area contributed by atoms with E-state index in [2.05, 4.69) is 17.7 Å². The molecule has 0 amide bonds. The molecule has 1 rings (SSSR count). The van der Waals surface area contributed by atoms with Crippen molar-refractivity contribution in [1.29, 1.82) is 0 Å². The number of aromatic nitrogens is 2. The first-order chi connectivity index (χ1) is 3.70. The van der Waals surface area contributed by atoms with Crippen molar-refractivity contribution in [3.63, 3.8) is 0 Å². The highest BCUT2D eigenvalue weighted by Crippen LogP contribution is 1.87. The molecule has 0 aliphatic carbocycles. The molecule has 3 N–H and O–H groups in total. The molecule has 0 saturated carbocycles. The Hall–Kier alpha value is -0.870. The molecule has 0 atom stereocenters. The van der Waals surface area contributed by atoms with Gasteiger partial charge in [-0.3, -0.25) is 0 Å². The van der Waals surface area contributed by atoms with Crippen molar-refractivity contribution < 1.29 is 15.5 Å². The van der Waals surface area contributed by atoms with Gasteiger partial charge < -0.3 is 11.0 Å². The quantitative estimate of drug-likeness (QED) is 0.440. The van der Waals surface area contributed by atoms with Gasteiger partial charge in [0.05, 0.1) is 14.1 Å². The van der Waals surface area contributed by atoms with E-state index in [0.29, 0.717) is 0 Å². The Morgan fingerprint density at radius 1 is 1.50 bits per heavy atom. The molecule has 1 heterocycles. The van der Waals surface area contributed by atoms with Crippen molar-refractivity contribution >= 4 is 0 Å². The van der Waals surface area contributed by atoms with Crippen LogP contribution in [0.15, 0.2) is 12.5 Å². The number of imidazole rings is 1. The van der Waals surface area contributed by atoms with Crippen LogP contribution in [0.4, 0.5) is 0 Å². The van der Waals surface area contributed by atoms with E-state index in [9.17, 15) is 0 Å². The van der Waals surface area contributed by atoms with Gasteiger partial charge in [-0.2, -0.15) is 0 Å². The third-order valence-corrected chi connectivity index (χ3v) is 1.30. The van der Waals surface area contributed by atoms with Gasteiger partial charge in [0, 0.05) is 6.92 Å². The Balaban J connectivity index is 0. The summed E-state index contributed by atoms with van der Waals surface area (Å²) in [6.45, 7) is 2.08. The van der Waals surface area contributed by atoms with Crippen molar-refractivity contribution in [3.05, 3.63) is 18.2 Å². The molecule has 0 aliphatic rings. The van der Waals surface area contributed by atoms with E-state index in [1.165, 1.54) is 5.69 Å². The van der Waals surface area contributed by atoms with E-state index in [-0.39, 0.29) is 11.0 Å². The van der Waals surface area contributed by atoms with Crippen LogP contribution in [0.25, 0.3) is 0 Å².